The fourth-order valence-electron chi connectivity index (χ4n) is 1.92. The van der Waals surface area contributed by atoms with Gasteiger partial charge >= 0.3 is 12.1 Å². The summed E-state index contributed by atoms with van der Waals surface area (Å²) in [6, 6.07) is 5.22. The standard InChI is InChI=1S/C13H11F3N2O2/c1-7-5-10(17-6-11(19)20)8-3-2-4-9(12(8)18-7)13(14,15)16/h2-5H,6H2,1H3,(H,17,18)(H,19,20). The van der Waals surface area contributed by atoms with Gasteiger partial charge < -0.3 is 10.4 Å². The number of alkyl halides is 3. The predicted molar refractivity (Wildman–Crippen MR) is 67.6 cm³/mol. The minimum Gasteiger partial charge on any atom is -0.480 e. The first kappa shape index (κ1) is 14.1. The summed E-state index contributed by atoms with van der Waals surface area (Å²) >= 11 is 0. The molecule has 0 bridgehead atoms. The van der Waals surface area contributed by atoms with Gasteiger partial charge in [0, 0.05) is 16.8 Å². The monoisotopic (exact) mass is 284 g/mol. The van der Waals surface area contributed by atoms with Crippen LogP contribution in [0.4, 0.5) is 18.9 Å². The number of nitrogens with one attached hydrogen (secondary N) is 1. The lowest BCUT2D eigenvalue weighted by molar-refractivity contribution is -0.136. The van der Waals surface area contributed by atoms with E-state index in [0.717, 1.165) is 6.07 Å². The summed E-state index contributed by atoms with van der Waals surface area (Å²) in [5.74, 6) is -1.10. The molecule has 0 radical (unpaired) electrons. The number of carboxylic acid groups (broad SMARTS) is 1. The number of benzene rings is 1. The SMILES string of the molecule is Cc1cc(NCC(=O)O)c2cccc(C(F)(F)F)c2n1. The zero-order valence-corrected chi connectivity index (χ0v) is 10.5. The summed E-state index contributed by atoms with van der Waals surface area (Å²) < 4.78 is 38.8. The first-order valence-electron chi connectivity index (χ1n) is 5.72. The Bertz CT molecular complexity index is 668. The molecule has 106 valence electrons. The van der Waals surface area contributed by atoms with Crippen LogP contribution in [-0.4, -0.2) is 22.6 Å². The maximum Gasteiger partial charge on any atom is 0.418 e. The van der Waals surface area contributed by atoms with Crippen molar-refractivity contribution < 1.29 is 23.1 Å². The fraction of sp³-hybridized carbons (Fsp3) is 0.231. The van der Waals surface area contributed by atoms with Gasteiger partial charge in [0.2, 0.25) is 0 Å². The zero-order valence-electron chi connectivity index (χ0n) is 10.5. The molecule has 2 N–H and O–H groups in total. The van der Waals surface area contributed by atoms with Crippen LogP contribution in [0, 0.1) is 6.92 Å². The summed E-state index contributed by atoms with van der Waals surface area (Å²) in [6.45, 7) is 1.17. The number of pyridine rings is 1. The molecule has 0 unspecified atom stereocenters. The summed E-state index contributed by atoms with van der Waals surface area (Å²) in [4.78, 5) is 14.5. The highest BCUT2D eigenvalue weighted by atomic mass is 19.4. The van der Waals surface area contributed by atoms with Crippen molar-refractivity contribution in [2.75, 3.05) is 11.9 Å². The Balaban J connectivity index is 2.63. The van der Waals surface area contributed by atoms with E-state index in [2.05, 4.69) is 10.3 Å². The van der Waals surface area contributed by atoms with Gasteiger partial charge in [-0.05, 0) is 19.1 Å². The Hall–Kier alpha value is -2.31. The summed E-state index contributed by atoms with van der Waals surface area (Å²) in [7, 11) is 0. The molecular weight excluding hydrogens is 273 g/mol. The zero-order chi connectivity index (χ0) is 14.9. The summed E-state index contributed by atoms with van der Waals surface area (Å²) in [5.41, 5.74) is -0.326. The number of nitrogens with zero attached hydrogens (tertiary/aromatic N) is 1. The van der Waals surface area contributed by atoms with Gasteiger partial charge in [0.15, 0.2) is 0 Å². The van der Waals surface area contributed by atoms with E-state index >= 15 is 0 Å². The molecule has 0 saturated carbocycles. The van der Waals surface area contributed by atoms with Crippen LogP contribution in [-0.2, 0) is 11.0 Å². The molecule has 2 rings (SSSR count). The van der Waals surface area contributed by atoms with Gasteiger partial charge in [-0.15, -0.1) is 0 Å². The molecule has 0 aliphatic carbocycles. The van der Waals surface area contributed by atoms with Gasteiger partial charge in [-0.3, -0.25) is 9.78 Å². The summed E-state index contributed by atoms with van der Waals surface area (Å²) in [6.07, 6.45) is -4.51. The summed E-state index contributed by atoms with van der Waals surface area (Å²) in [5, 5.41) is 11.5. The highest BCUT2D eigenvalue weighted by molar-refractivity contribution is 5.94. The van der Waals surface area contributed by atoms with Gasteiger partial charge in [0.1, 0.15) is 6.54 Å². The van der Waals surface area contributed by atoms with E-state index in [1.807, 2.05) is 0 Å². The van der Waals surface area contributed by atoms with E-state index in [9.17, 15) is 18.0 Å². The lowest BCUT2D eigenvalue weighted by Gasteiger charge is -2.13. The van der Waals surface area contributed by atoms with Crippen molar-refractivity contribution >= 4 is 22.6 Å². The van der Waals surface area contributed by atoms with Gasteiger partial charge in [-0.25, -0.2) is 0 Å². The molecule has 1 aromatic carbocycles. The number of aromatic nitrogens is 1. The van der Waals surface area contributed by atoms with Crippen molar-refractivity contribution in [2.24, 2.45) is 0 Å². The fourth-order valence-corrected chi connectivity index (χ4v) is 1.92. The van der Waals surface area contributed by atoms with Crippen LogP contribution >= 0.6 is 0 Å². The Morgan fingerprint density at radius 3 is 2.70 bits per heavy atom. The second kappa shape index (κ2) is 4.99. The molecule has 0 atom stereocenters. The number of carbonyl (C=O) groups is 1. The van der Waals surface area contributed by atoms with E-state index in [1.165, 1.54) is 18.2 Å². The minimum absolute atomic E-state index is 0.187. The third kappa shape index (κ3) is 2.81. The van der Waals surface area contributed by atoms with Crippen molar-refractivity contribution in [3.05, 3.63) is 35.5 Å². The molecule has 4 nitrogen and oxygen atoms in total. The van der Waals surface area contributed by atoms with E-state index in [-0.39, 0.29) is 17.4 Å². The van der Waals surface area contributed by atoms with Crippen molar-refractivity contribution in [2.45, 2.75) is 13.1 Å². The first-order valence-corrected chi connectivity index (χ1v) is 5.72. The molecular formula is C13H11F3N2O2. The third-order valence-electron chi connectivity index (χ3n) is 2.70. The normalized spacial score (nSPS) is 11.6. The lowest BCUT2D eigenvalue weighted by atomic mass is 10.1. The third-order valence-corrected chi connectivity index (χ3v) is 2.70. The number of para-hydroxylation sites is 1. The van der Waals surface area contributed by atoms with Gasteiger partial charge in [-0.1, -0.05) is 12.1 Å². The topological polar surface area (TPSA) is 62.2 Å². The maximum absolute atomic E-state index is 12.9. The lowest BCUT2D eigenvalue weighted by Crippen LogP contribution is -2.13. The van der Waals surface area contributed by atoms with E-state index in [0.29, 0.717) is 11.4 Å². The average molecular weight is 284 g/mol. The van der Waals surface area contributed by atoms with Crippen LogP contribution in [0.3, 0.4) is 0 Å². The molecule has 0 aliphatic heterocycles. The number of hydrogen-bond donors (Lipinski definition) is 2. The van der Waals surface area contributed by atoms with Gasteiger partial charge in [-0.2, -0.15) is 13.2 Å². The van der Waals surface area contributed by atoms with Crippen molar-refractivity contribution in [3.8, 4) is 0 Å². The maximum atomic E-state index is 12.9. The molecule has 2 aromatic rings. The number of fused-ring (bicyclic) bond motifs is 1. The van der Waals surface area contributed by atoms with Crippen LogP contribution in [0.2, 0.25) is 0 Å². The Labute approximate surface area is 112 Å². The van der Waals surface area contributed by atoms with Crippen LogP contribution in [0.25, 0.3) is 10.9 Å². The number of hydrogen-bond acceptors (Lipinski definition) is 3. The molecule has 20 heavy (non-hydrogen) atoms. The van der Waals surface area contributed by atoms with Crippen LogP contribution in [0.15, 0.2) is 24.3 Å². The molecule has 1 heterocycles. The van der Waals surface area contributed by atoms with Crippen LogP contribution < -0.4 is 5.32 Å². The number of carboxylic acids is 1. The highest BCUT2D eigenvalue weighted by Crippen LogP contribution is 2.36. The van der Waals surface area contributed by atoms with Crippen LogP contribution in [0.5, 0.6) is 0 Å². The van der Waals surface area contributed by atoms with E-state index in [1.54, 1.807) is 6.92 Å². The number of anilines is 1. The average Bonchev–Trinajstić information content (AvgIpc) is 2.33. The predicted octanol–water partition coefficient (Wildman–Crippen LogP) is 3.06. The second-order valence-corrected chi connectivity index (χ2v) is 4.26. The highest BCUT2D eigenvalue weighted by Gasteiger charge is 2.33. The molecule has 1 aromatic heterocycles. The molecule has 0 spiro atoms. The van der Waals surface area contributed by atoms with Crippen molar-refractivity contribution in [3.63, 3.8) is 0 Å². The molecule has 0 amide bonds. The van der Waals surface area contributed by atoms with Gasteiger partial charge in [0.25, 0.3) is 0 Å². The Morgan fingerprint density at radius 2 is 2.10 bits per heavy atom. The molecule has 0 fully saturated rings. The van der Waals surface area contributed by atoms with E-state index in [4.69, 9.17) is 5.11 Å². The van der Waals surface area contributed by atoms with Crippen LogP contribution in [0.1, 0.15) is 11.3 Å². The van der Waals surface area contributed by atoms with Gasteiger partial charge in [0.05, 0.1) is 11.1 Å². The van der Waals surface area contributed by atoms with Crippen molar-refractivity contribution in [1.82, 2.24) is 4.98 Å². The number of aliphatic carboxylic acids is 1. The molecule has 0 saturated heterocycles. The smallest absolute Gasteiger partial charge is 0.418 e. The van der Waals surface area contributed by atoms with E-state index < -0.39 is 17.7 Å². The number of rotatable bonds is 3. The molecule has 7 heteroatoms. The Kier molecular flexibility index (Phi) is 3.52. The number of aryl methyl sites for hydroxylation is 1. The quantitative estimate of drug-likeness (QED) is 0.909. The Morgan fingerprint density at radius 1 is 1.40 bits per heavy atom. The second-order valence-electron chi connectivity index (χ2n) is 4.26. The van der Waals surface area contributed by atoms with Crippen molar-refractivity contribution in [1.29, 1.82) is 0 Å². The molecule has 0 aliphatic rings. The minimum atomic E-state index is -4.51. The first-order chi connectivity index (χ1) is 9.29. The largest absolute Gasteiger partial charge is 0.480 e. The number of halogens is 3.